The molecular weight excluding hydrogens is 158 g/mol. The van der Waals surface area contributed by atoms with Crippen molar-refractivity contribution in [1.29, 1.82) is 0 Å². The van der Waals surface area contributed by atoms with Crippen LogP contribution in [0.5, 0.6) is 0 Å². The van der Waals surface area contributed by atoms with Crippen molar-refractivity contribution in [2.24, 2.45) is 23.7 Å². The maximum absolute atomic E-state index is 2.49. The predicted octanol–water partition coefficient (Wildman–Crippen LogP) is 2.87. The van der Waals surface area contributed by atoms with E-state index in [0.717, 1.165) is 23.7 Å². The zero-order valence-electron chi connectivity index (χ0n) is 9.88. The molecule has 78 valence electrons. The summed E-state index contributed by atoms with van der Waals surface area (Å²) in [5.74, 6) is 3.58. The standard InChI is InChI=1S/C12H25N/c1-9(2)11-6-7-13(5)8-12(11)10(3)4/h9-12H,6-8H2,1-5H3. The molecule has 0 aromatic carbocycles. The van der Waals surface area contributed by atoms with Crippen LogP contribution in [0.2, 0.25) is 0 Å². The van der Waals surface area contributed by atoms with Crippen molar-refractivity contribution in [1.82, 2.24) is 4.90 Å². The molecule has 0 aliphatic carbocycles. The molecule has 2 atom stereocenters. The molecule has 0 aromatic heterocycles. The Kier molecular flexibility index (Phi) is 3.78. The van der Waals surface area contributed by atoms with E-state index in [4.69, 9.17) is 0 Å². The van der Waals surface area contributed by atoms with Gasteiger partial charge in [-0.25, -0.2) is 0 Å². The highest BCUT2D eigenvalue weighted by Gasteiger charge is 2.31. The second kappa shape index (κ2) is 4.45. The lowest BCUT2D eigenvalue weighted by atomic mass is 9.73. The van der Waals surface area contributed by atoms with Gasteiger partial charge in [0.15, 0.2) is 0 Å². The van der Waals surface area contributed by atoms with Crippen LogP contribution in [-0.4, -0.2) is 25.0 Å². The molecule has 1 heteroatoms. The van der Waals surface area contributed by atoms with Gasteiger partial charge >= 0.3 is 0 Å². The van der Waals surface area contributed by atoms with Crippen molar-refractivity contribution in [3.05, 3.63) is 0 Å². The fraction of sp³-hybridized carbons (Fsp3) is 1.00. The van der Waals surface area contributed by atoms with Gasteiger partial charge in [-0.15, -0.1) is 0 Å². The Morgan fingerprint density at radius 2 is 1.54 bits per heavy atom. The second-order valence-electron chi connectivity index (χ2n) is 5.37. The SMILES string of the molecule is CC(C)C1CCN(C)CC1C(C)C. The number of likely N-dealkylation sites (tertiary alicyclic amines) is 1. The zero-order chi connectivity index (χ0) is 10.0. The van der Waals surface area contributed by atoms with Crippen LogP contribution in [0.15, 0.2) is 0 Å². The Bertz CT molecular complexity index is 151. The van der Waals surface area contributed by atoms with Crippen LogP contribution in [0.1, 0.15) is 34.1 Å². The van der Waals surface area contributed by atoms with E-state index in [1.54, 1.807) is 0 Å². The molecule has 1 saturated heterocycles. The Labute approximate surface area is 83.5 Å². The molecule has 13 heavy (non-hydrogen) atoms. The van der Waals surface area contributed by atoms with Crippen LogP contribution in [-0.2, 0) is 0 Å². The van der Waals surface area contributed by atoms with Crippen molar-refractivity contribution in [3.63, 3.8) is 0 Å². The molecule has 0 spiro atoms. The van der Waals surface area contributed by atoms with Gasteiger partial charge in [-0.2, -0.15) is 0 Å². The van der Waals surface area contributed by atoms with Crippen molar-refractivity contribution in [2.75, 3.05) is 20.1 Å². The molecular formula is C12H25N. The Morgan fingerprint density at radius 3 is 2.00 bits per heavy atom. The highest BCUT2D eigenvalue weighted by atomic mass is 15.1. The fourth-order valence-corrected chi connectivity index (χ4v) is 2.70. The van der Waals surface area contributed by atoms with E-state index in [1.165, 1.54) is 19.5 Å². The minimum absolute atomic E-state index is 0.843. The van der Waals surface area contributed by atoms with E-state index < -0.39 is 0 Å². The molecule has 1 nitrogen and oxygen atoms in total. The van der Waals surface area contributed by atoms with Crippen LogP contribution in [0, 0.1) is 23.7 Å². The van der Waals surface area contributed by atoms with Crippen LogP contribution >= 0.6 is 0 Å². The van der Waals surface area contributed by atoms with E-state index in [0.29, 0.717) is 0 Å². The van der Waals surface area contributed by atoms with Gasteiger partial charge in [0.05, 0.1) is 0 Å². The van der Waals surface area contributed by atoms with Crippen molar-refractivity contribution in [3.8, 4) is 0 Å². The van der Waals surface area contributed by atoms with Gasteiger partial charge in [0, 0.05) is 6.54 Å². The molecule has 1 fully saturated rings. The van der Waals surface area contributed by atoms with Crippen molar-refractivity contribution >= 4 is 0 Å². The summed E-state index contributed by atoms with van der Waals surface area (Å²) in [7, 11) is 2.26. The van der Waals surface area contributed by atoms with E-state index >= 15 is 0 Å². The number of hydrogen-bond donors (Lipinski definition) is 0. The van der Waals surface area contributed by atoms with E-state index in [1.807, 2.05) is 0 Å². The molecule has 1 heterocycles. The monoisotopic (exact) mass is 183 g/mol. The Hall–Kier alpha value is -0.0400. The molecule has 0 N–H and O–H groups in total. The summed E-state index contributed by atoms with van der Waals surface area (Å²) in [5.41, 5.74) is 0. The van der Waals surface area contributed by atoms with Crippen LogP contribution in [0.25, 0.3) is 0 Å². The lowest BCUT2D eigenvalue weighted by Crippen LogP contribution is -2.42. The predicted molar refractivity (Wildman–Crippen MR) is 58.8 cm³/mol. The average molecular weight is 183 g/mol. The highest BCUT2D eigenvalue weighted by molar-refractivity contribution is 4.82. The molecule has 2 unspecified atom stereocenters. The van der Waals surface area contributed by atoms with Crippen molar-refractivity contribution in [2.45, 2.75) is 34.1 Å². The van der Waals surface area contributed by atoms with Gasteiger partial charge < -0.3 is 4.90 Å². The zero-order valence-corrected chi connectivity index (χ0v) is 9.88. The van der Waals surface area contributed by atoms with Crippen molar-refractivity contribution < 1.29 is 0 Å². The minimum Gasteiger partial charge on any atom is -0.306 e. The topological polar surface area (TPSA) is 3.24 Å². The summed E-state index contributed by atoms with van der Waals surface area (Å²) in [6.07, 6.45) is 1.40. The molecule has 1 aliphatic rings. The quantitative estimate of drug-likeness (QED) is 0.636. The molecule has 0 bridgehead atoms. The van der Waals surface area contributed by atoms with Gasteiger partial charge in [-0.05, 0) is 43.7 Å². The Morgan fingerprint density at radius 1 is 1.00 bits per heavy atom. The maximum atomic E-state index is 2.49. The number of hydrogen-bond acceptors (Lipinski definition) is 1. The number of rotatable bonds is 2. The maximum Gasteiger partial charge on any atom is 0.00118 e. The van der Waals surface area contributed by atoms with E-state index in [-0.39, 0.29) is 0 Å². The second-order valence-corrected chi connectivity index (χ2v) is 5.37. The average Bonchev–Trinajstić information content (AvgIpc) is 2.03. The first-order valence-corrected chi connectivity index (χ1v) is 5.71. The molecule has 0 amide bonds. The third-order valence-corrected chi connectivity index (χ3v) is 3.63. The minimum atomic E-state index is 0.843. The molecule has 1 aliphatic heterocycles. The van der Waals surface area contributed by atoms with Crippen LogP contribution in [0.3, 0.4) is 0 Å². The first kappa shape index (κ1) is 11.0. The molecule has 0 radical (unpaired) electrons. The Balaban J connectivity index is 2.60. The summed E-state index contributed by atoms with van der Waals surface area (Å²) in [4.78, 5) is 2.49. The van der Waals surface area contributed by atoms with Gasteiger partial charge in [-0.3, -0.25) is 0 Å². The molecule has 0 saturated carbocycles. The smallest absolute Gasteiger partial charge is 0.00118 e. The third kappa shape index (κ3) is 2.70. The lowest BCUT2D eigenvalue weighted by Gasteiger charge is -2.41. The fourth-order valence-electron chi connectivity index (χ4n) is 2.70. The van der Waals surface area contributed by atoms with E-state index in [9.17, 15) is 0 Å². The third-order valence-electron chi connectivity index (χ3n) is 3.63. The first-order chi connectivity index (χ1) is 6.02. The summed E-state index contributed by atoms with van der Waals surface area (Å²) >= 11 is 0. The number of nitrogens with zero attached hydrogens (tertiary/aromatic N) is 1. The normalized spacial score (nSPS) is 31.6. The highest BCUT2D eigenvalue weighted by Crippen LogP contribution is 2.33. The van der Waals surface area contributed by atoms with Crippen LogP contribution < -0.4 is 0 Å². The summed E-state index contributed by atoms with van der Waals surface area (Å²) in [5, 5.41) is 0. The van der Waals surface area contributed by atoms with Gasteiger partial charge in [-0.1, -0.05) is 27.7 Å². The summed E-state index contributed by atoms with van der Waals surface area (Å²) in [6.45, 7) is 12.1. The molecule has 0 aromatic rings. The summed E-state index contributed by atoms with van der Waals surface area (Å²) in [6, 6.07) is 0. The lowest BCUT2D eigenvalue weighted by molar-refractivity contribution is 0.0792. The van der Waals surface area contributed by atoms with Crippen LogP contribution in [0.4, 0.5) is 0 Å². The largest absolute Gasteiger partial charge is 0.306 e. The van der Waals surface area contributed by atoms with Gasteiger partial charge in [0.2, 0.25) is 0 Å². The van der Waals surface area contributed by atoms with E-state index in [2.05, 4.69) is 39.6 Å². The molecule has 1 rings (SSSR count). The summed E-state index contributed by atoms with van der Waals surface area (Å²) < 4.78 is 0. The van der Waals surface area contributed by atoms with Gasteiger partial charge in [0.1, 0.15) is 0 Å². The van der Waals surface area contributed by atoms with Gasteiger partial charge in [0.25, 0.3) is 0 Å². The first-order valence-electron chi connectivity index (χ1n) is 5.71. The number of piperidine rings is 1.